The minimum atomic E-state index is -0.330. The molecule has 0 amide bonds. The van der Waals surface area contributed by atoms with E-state index in [1.54, 1.807) is 16.8 Å². The van der Waals surface area contributed by atoms with Gasteiger partial charge in [0.05, 0.1) is 16.7 Å². The molecule has 94 valence electrons. The van der Waals surface area contributed by atoms with Gasteiger partial charge in [-0.15, -0.1) is 5.10 Å². The average molecular weight is 312 g/mol. The van der Waals surface area contributed by atoms with Crippen LogP contribution in [0.15, 0.2) is 22.7 Å². The number of hydrogen-bond donors (Lipinski definition) is 1. The highest BCUT2D eigenvalue weighted by Crippen LogP contribution is 2.20. The molecule has 5 nitrogen and oxygen atoms in total. The van der Waals surface area contributed by atoms with Gasteiger partial charge in [0, 0.05) is 12.1 Å². The van der Waals surface area contributed by atoms with Gasteiger partial charge in [-0.25, -0.2) is 4.39 Å². The van der Waals surface area contributed by atoms with Gasteiger partial charge in [-0.05, 0) is 51.3 Å². The standard InChI is InChI=1S/C11H11BrFN5/c12-9-4-3-8(5-10(9)13)18-11(15-16-17-18)6-14-7-1-2-7/h3-5,7,14H,1-2,6H2. The number of halogens is 2. The van der Waals surface area contributed by atoms with E-state index in [-0.39, 0.29) is 5.82 Å². The first-order chi connectivity index (χ1) is 8.74. The summed E-state index contributed by atoms with van der Waals surface area (Å²) in [4.78, 5) is 0. The third-order valence-corrected chi connectivity index (χ3v) is 3.45. The van der Waals surface area contributed by atoms with Gasteiger partial charge in [-0.2, -0.15) is 4.68 Å². The Labute approximate surface area is 112 Å². The van der Waals surface area contributed by atoms with Crippen molar-refractivity contribution in [3.8, 4) is 5.69 Å². The Balaban J connectivity index is 1.85. The van der Waals surface area contributed by atoms with Crippen LogP contribution < -0.4 is 5.32 Å². The van der Waals surface area contributed by atoms with E-state index < -0.39 is 0 Å². The van der Waals surface area contributed by atoms with E-state index in [2.05, 4.69) is 36.8 Å². The number of tetrazole rings is 1. The first kappa shape index (κ1) is 11.7. The van der Waals surface area contributed by atoms with Gasteiger partial charge in [0.15, 0.2) is 5.82 Å². The zero-order valence-corrected chi connectivity index (χ0v) is 11.1. The summed E-state index contributed by atoms with van der Waals surface area (Å²) in [6.45, 7) is 0.593. The van der Waals surface area contributed by atoms with Crippen molar-refractivity contribution < 1.29 is 4.39 Å². The predicted octanol–water partition coefficient (Wildman–Crippen LogP) is 1.82. The van der Waals surface area contributed by atoms with E-state index in [1.807, 2.05) is 0 Å². The van der Waals surface area contributed by atoms with E-state index in [1.165, 1.54) is 18.9 Å². The molecule has 1 saturated carbocycles. The second-order valence-electron chi connectivity index (χ2n) is 4.26. The molecule has 2 aromatic rings. The van der Waals surface area contributed by atoms with Crippen molar-refractivity contribution in [1.82, 2.24) is 25.5 Å². The van der Waals surface area contributed by atoms with Crippen molar-refractivity contribution in [2.45, 2.75) is 25.4 Å². The fourth-order valence-corrected chi connectivity index (χ4v) is 1.90. The molecule has 7 heteroatoms. The molecule has 0 radical (unpaired) electrons. The van der Waals surface area contributed by atoms with Crippen LogP contribution in [0.5, 0.6) is 0 Å². The highest BCUT2D eigenvalue weighted by atomic mass is 79.9. The fourth-order valence-electron chi connectivity index (χ4n) is 1.66. The van der Waals surface area contributed by atoms with Gasteiger partial charge in [0.2, 0.25) is 0 Å². The second kappa shape index (κ2) is 4.74. The van der Waals surface area contributed by atoms with E-state index in [0.717, 1.165) is 0 Å². The van der Waals surface area contributed by atoms with Gasteiger partial charge in [0.25, 0.3) is 0 Å². The molecule has 0 aliphatic heterocycles. The van der Waals surface area contributed by atoms with Crippen molar-refractivity contribution in [3.63, 3.8) is 0 Å². The topological polar surface area (TPSA) is 55.6 Å². The van der Waals surface area contributed by atoms with Crippen molar-refractivity contribution in [2.24, 2.45) is 0 Å². The summed E-state index contributed by atoms with van der Waals surface area (Å²) in [6.07, 6.45) is 2.41. The van der Waals surface area contributed by atoms with Gasteiger partial charge in [0.1, 0.15) is 5.82 Å². The van der Waals surface area contributed by atoms with E-state index in [9.17, 15) is 4.39 Å². The number of nitrogens with one attached hydrogen (secondary N) is 1. The quantitative estimate of drug-likeness (QED) is 0.935. The van der Waals surface area contributed by atoms with Crippen LogP contribution in [0.4, 0.5) is 4.39 Å². The van der Waals surface area contributed by atoms with Crippen LogP contribution in [-0.4, -0.2) is 26.2 Å². The molecule has 0 spiro atoms. The molecule has 1 heterocycles. The van der Waals surface area contributed by atoms with Crippen LogP contribution in [0.3, 0.4) is 0 Å². The predicted molar refractivity (Wildman–Crippen MR) is 66.7 cm³/mol. The average Bonchev–Trinajstić information content (AvgIpc) is 3.08. The van der Waals surface area contributed by atoms with Crippen molar-refractivity contribution in [3.05, 3.63) is 34.3 Å². The van der Waals surface area contributed by atoms with Crippen molar-refractivity contribution in [1.29, 1.82) is 0 Å². The summed E-state index contributed by atoms with van der Waals surface area (Å²) in [5.41, 5.74) is 0.619. The summed E-state index contributed by atoms with van der Waals surface area (Å²) >= 11 is 3.12. The monoisotopic (exact) mass is 311 g/mol. The third kappa shape index (κ3) is 2.41. The van der Waals surface area contributed by atoms with Gasteiger partial charge in [-0.3, -0.25) is 0 Å². The van der Waals surface area contributed by atoms with Crippen LogP contribution in [0.25, 0.3) is 5.69 Å². The maximum Gasteiger partial charge on any atom is 0.170 e. The minimum absolute atomic E-state index is 0.330. The lowest BCUT2D eigenvalue weighted by atomic mass is 10.3. The minimum Gasteiger partial charge on any atom is -0.307 e. The zero-order chi connectivity index (χ0) is 12.5. The molecular formula is C11H11BrFN5. The van der Waals surface area contributed by atoms with Gasteiger partial charge in [-0.1, -0.05) is 0 Å². The summed E-state index contributed by atoms with van der Waals surface area (Å²) in [7, 11) is 0. The van der Waals surface area contributed by atoms with E-state index in [0.29, 0.717) is 28.6 Å². The maximum absolute atomic E-state index is 13.5. The summed E-state index contributed by atoms with van der Waals surface area (Å²) in [5.74, 6) is 0.354. The first-order valence-corrected chi connectivity index (χ1v) is 6.49. The summed E-state index contributed by atoms with van der Waals surface area (Å²) < 4.78 is 15.5. The lowest BCUT2D eigenvalue weighted by Gasteiger charge is -2.06. The first-order valence-electron chi connectivity index (χ1n) is 5.70. The maximum atomic E-state index is 13.5. The van der Waals surface area contributed by atoms with E-state index >= 15 is 0 Å². The molecule has 0 unspecified atom stereocenters. The van der Waals surface area contributed by atoms with Crippen molar-refractivity contribution >= 4 is 15.9 Å². The van der Waals surface area contributed by atoms with Crippen LogP contribution >= 0.6 is 15.9 Å². The molecule has 0 atom stereocenters. The fraction of sp³-hybridized carbons (Fsp3) is 0.364. The molecule has 1 aliphatic rings. The number of aromatic nitrogens is 4. The molecule has 0 bridgehead atoms. The second-order valence-corrected chi connectivity index (χ2v) is 5.11. The van der Waals surface area contributed by atoms with Crippen molar-refractivity contribution in [2.75, 3.05) is 0 Å². The Hall–Kier alpha value is -1.34. The lowest BCUT2D eigenvalue weighted by Crippen LogP contribution is -2.18. The Morgan fingerprint density at radius 2 is 2.28 bits per heavy atom. The Morgan fingerprint density at radius 3 is 3.00 bits per heavy atom. The number of nitrogens with zero attached hydrogens (tertiary/aromatic N) is 4. The molecule has 18 heavy (non-hydrogen) atoms. The van der Waals surface area contributed by atoms with Gasteiger partial charge >= 0.3 is 0 Å². The number of benzene rings is 1. The summed E-state index contributed by atoms with van der Waals surface area (Å²) in [5, 5.41) is 14.8. The van der Waals surface area contributed by atoms with Gasteiger partial charge < -0.3 is 5.32 Å². The molecule has 3 rings (SSSR count). The molecule has 1 aromatic carbocycles. The van der Waals surface area contributed by atoms with Crippen LogP contribution in [-0.2, 0) is 6.54 Å². The Kier molecular flexibility index (Phi) is 3.09. The highest BCUT2D eigenvalue weighted by Gasteiger charge is 2.21. The number of hydrogen-bond acceptors (Lipinski definition) is 4. The highest BCUT2D eigenvalue weighted by molar-refractivity contribution is 9.10. The van der Waals surface area contributed by atoms with E-state index in [4.69, 9.17) is 0 Å². The SMILES string of the molecule is Fc1cc(-n2nnnc2CNC2CC2)ccc1Br. The molecule has 0 saturated heterocycles. The molecular weight excluding hydrogens is 301 g/mol. The normalized spacial score (nSPS) is 15.0. The molecule has 1 aromatic heterocycles. The third-order valence-electron chi connectivity index (χ3n) is 2.81. The molecule has 1 fully saturated rings. The molecule has 1 aliphatic carbocycles. The van der Waals surface area contributed by atoms with Crippen LogP contribution in [0.2, 0.25) is 0 Å². The number of rotatable bonds is 4. The lowest BCUT2D eigenvalue weighted by molar-refractivity contribution is 0.612. The van der Waals surface area contributed by atoms with Crippen LogP contribution in [0, 0.1) is 5.82 Å². The molecule has 1 N–H and O–H groups in total. The Bertz CT molecular complexity index is 566. The van der Waals surface area contributed by atoms with Crippen LogP contribution in [0.1, 0.15) is 18.7 Å². The zero-order valence-electron chi connectivity index (χ0n) is 9.48. The Morgan fingerprint density at radius 1 is 1.44 bits per heavy atom. The smallest absolute Gasteiger partial charge is 0.170 e. The summed E-state index contributed by atoms with van der Waals surface area (Å²) in [6, 6.07) is 5.40. The largest absolute Gasteiger partial charge is 0.307 e.